The van der Waals surface area contributed by atoms with Crippen LogP contribution in [0.25, 0.3) is 0 Å². The molecule has 0 saturated carbocycles. The Morgan fingerprint density at radius 2 is 1.26 bits per heavy atom. The zero-order valence-electron chi connectivity index (χ0n) is 16.4. The Hall–Kier alpha value is -2.23. The number of rotatable bonds is 7. The van der Waals surface area contributed by atoms with Crippen molar-refractivity contribution >= 4 is 10.9 Å². The number of ether oxygens (including phenoxy) is 2. The summed E-state index contributed by atoms with van der Waals surface area (Å²) in [4.78, 5) is 3.94. The van der Waals surface area contributed by atoms with Crippen LogP contribution in [0.15, 0.2) is 87.5 Å². The van der Waals surface area contributed by atoms with E-state index in [1.54, 1.807) is 0 Å². The number of aryl methyl sites for hydroxylation is 2. The van der Waals surface area contributed by atoms with E-state index in [0.717, 1.165) is 16.9 Å². The first-order chi connectivity index (χ1) is 13.1. The fourth-order valence-electron chi connectivity index (χ4n) is 3.17. The van der Waals surface area contributed by atoms with E-state index in [0.29, 0.717) is 6.61 Å². The van der Waals surface area contributed by atoms with Gasteiger partial charge in [-0.25, -0.2) is 0 Å². The summed E-state index contributed by atoms with van der Waals surface area (Å²) in [5.41, 5.74) is 2.28. The summed E-state index contributed by atoms with van der Waals surface area (Å²) < 4.78 is 11.6. The molecular formula is C24H27O2S+. The summed E-state index contributed by atoms with van der Waals surface area (Å²) in [7, 11) is -0.146. The highest BCUT2D eigenvalue weighted by molar-refractivity contribution is 7.97. The highest BCUT2D eigenvalue weighted by Gasteiger charge is 2.29. The maximum absolute atomic E-state index is 6.04. The number of hydrogen-bond donors (Lipinski definition) is 0. The van der Waals surface area contributed by atoms with Crippen LogP contribution >= 0.6 is 0 Å². The summed E-state index contributed by atoms with van der Waals surface area (Å²) in [5, 5.41) is 0. The van der Waals surface area contributed by atoms with Crippen molar-refractivity contribution in [1.82, 2.24) is 0 Å². The average molecular weight is 380 g/mol. The Balaban J connectivity index is 2.03. The molecule has 3 heteroatoms. The normalized spacial score (nSPS) is 12.2. The minimum atomic E-state index is -0.250. The third kappa shape index (κ3) is 4.74. The van der Waals surface area contributed by atoms with E-state index in [-0.39, 0.29) is 17.2 Å². The lowest BCUT2D eigenvalue weighted by Gasteiger charge is -2.19. The Bertz CT molecular complexity index is 800. The molecule has 27 heavy (non-hydrogen) atoms. The van der Waals surface area contributed by atoms with E-state index in [2.05, 4.69) is 86.6 Å². The quantitative estimate of drug-likeness (QED) is 0.361. The van der Waals surface area contributed by atoms with E-state index in [4.69, 9.17) is 9.47 Å². The van der Waals surface area contributed by atoms with Gasteiger partial charge in [-0.3, -0.25) is 0 Å². The molecule has 0 amide bonds. The van der Waals surface area contributed by atoms with E-state index >= 15 is 0 Å². The average Bonchev–Trinajstić information content (AvgIpc) is 2.67. The zero-order valence-corrected chi connectivity index (χ0v) is 17.3. The van der Waals surface area contributed by atoms with Gasteiger partial charge in [0.1, 0.15) is 5.75 Å². The largest absolute Gasteiger partial charge is 0.465 e. The van der Waals surface area contributed by atoms with Gasteiger partial charge in [0.05, 0.1) is 10.9 Å². The van der Waals surface area contributed by atoms with Crippen LogP contribution in [-0.2, 0) is 15.6 Å². The van der Waals surface area contributed by atoms with Crippen molar-refractivity contribution in [3.63, 3.8) is 0 Å². The molecule has 0 aromatic heterocycles. The molecule has 1 unspecified atom stereocenters. The first kappa shape index (κ1) is 19.5. The Morgan fingerprint density at radius 1 is 0.778 bits per heavy atom. The summed E-state index contributed by atoms with van der Waals surface area (Å²) in [6.07, 6.45) is -0.250. The van der Waals surface area contributed by atoms with Gasteiger partial charge in [0.15, 0.2) is 21.0 Å². The second-order valence-electron chi connectivity index (χ2n) is 6.46. The van der Waals surface area contributed by atoms with Crippen molar-refractivity contribution in [2.45, 2.75) is 48.7 Å². The van der Waals surface area contributed by atoms with Crippen LogP contribution in [0.3, 0.4) is 0 Å². The molecule has 0 N–H and O–H groups in total. The lowest BCUT2D eigenvalue weighted by atomic mass is 10.1. The molecule has 0 radical (unpaired) electrons. The van der Waals surface area contributed by atoms with Gasteiger partial charge < -0.3 is 9.47 Å². The lowest BCUT2D eigenvalue weighted by Crippen LogP contribution is -2.17. The SMILES string of the molecule is CCOC(C)Oc1c(C)cc([S+](c2ccccc2)c2ccccc2)cc1C. The van der Waals surface area contributed by atoms with Crippen molar-refractivity contribution in [1.29, 1.82) is 0 Å². The monoisotopic (exact) mass is 379 g/mol. The van der Waals surface area contributed by atoms with Crippen molar-refractivity contribution in [2.24, 2.45) is 0 Å². The summed E-state index contributed by atoms with van der Waals surface area (Å²) in [6, 6.07) is 25.9. The lowest BCUT2D eigenvalue weighted by molar-refractivity contribution is -0.0620. The molecule has 0 aliphatic rings. The maximum Gasteiger partial charge on any atom is 0.196 e. The van der Waals surface area contributed by atoms with Crippen molar-refractivity contribution in [3.05, 3.63) is 83.9 Å². The molecule has 0 spiro atoms. The summed E-state index contributed by atoms with van der Waals surface area (Å²) in [6.45, 7) is 8.79. The van der Waals surface area contributed by atoms with Gasteiger partial charge in [-0.1, -0.05) is 36.4 Å². The predicted molar refractivity (Wildman–Crippen MR) is 113 cm³/mol. The standard InChI is InChI=1S/C24H27O2S/c1-5-25-20(4)26-24-18(2)16-23(17-19(24)3)27(21-12-8-6-9-13-21)22-14-10-7-11-15-22/h6-17,20H,5H2,1-4H3/q+1. The third-order valence-electron chi connectivity index (χ3n) is 4.31. The Morgan fingerprint density at radius 3 is 1.70 bits per heavy atom. The van der Waals surface area contributed by atoms with Crippen LogP contribution in [0.1, 0.15) is 25.0 Å². The van der Waals surface area contributed by atoms with E-state index in [1.165, 1.54) is 14.7 Å². The summed E-state index contributed by atoms with van der Waals surface area (Å²) in [5.74, 6) is 0.921. The predicted octanol–water partition coefficient (Wildman–Crippen LogP) is 6.16. The van der Waals surface area contributed by atoms with Gasteiger partial charge in [-0.05, 0) is 63.1 Å². The highest BCUT2D eigenvalue weighted by atomic mass is 32.2. The minimum absolute atomic E-state index is 0.146. The first-order valence-electron chi connectivity index (χ1n) is 9.34. The van der Waals surface area contributed by atoms with Crippen LogP contribution in [0.4, 0.5) is 0 Å². The highest BCUT2D eigenvalue weighted by Crippen LogP contribution is 2.35. The van der Waals surface area contributed by atoms with Gasteiger partial charge in [0.25, 0.3) is 0 Å². The van der Waals surface area contributed by atoms with Gasteiger partial charge in [0, 0.05) is 18.7 Å². The summed E-state index contributed by atoms with van der Waals surface area (Å²) >= 11 is 0. The number of benzene rings is 3. The van der Waals surface area contributed by atoms with E-state index in [1.807, 2.05) is 13.8 Å². The van der Waals surface area contributed by atoms with Crippen LogP contribution in [-0.4, -0.2) is 12.9 Å². The molecule has 0 aliphatic carbocycles. The van der Waals surface area contributed by atoms with Crippen molar-refractivity contribution in [2.75, 3.05) is 6.61 Å². The fraction of sp³-hybridized carbons (Fsp3) is 0.250. The van der Waals surface area contributed by atoms with Crippen LogP contribution in [0.5, 0.6) is 5.75 Å². The molecule has 3 rings (SSSR count). The van der Waals surface area contributed by atoms with Crippen molar-refractivity contribution in [3.8, 4) is 5.75 Å². The molecule has 1 atom stereocenters. The minimum Gasteiger partial charge on any atom is -0.465 e. The molecule has 0 bridgehead atoms. The van der Waals surface area contributed by atoms with Crippen LogP contribution in [0, 0.1) is 13.8 Å². The molecule has 140 valence electrons. The smallest absolute Gasteiger partial charge is 0.196 e. The second kappa shape index (κ2) is 9.12. The maximum atomic E-state index is 6.04. The molecule has 0 fully saturated rings. The third-order valence-corrected chi connectivity index (χ3v) is 6.51. The second-order valence-corrected chi connectivity index (χ2v) is 8.49. The molecule has 2 nitrogen and oxygen atoms in total. The fourth-order valence-corrected chi connectivity index (χ4v) is 5.43. The van der Waals surface area contributed by atoms with E-state index in [9.17, 15) is 0 Å². The Labute approximate surface area is 165 Å². The van der Waals surface area contributed by atoms with Gasteiger partial charge >= 0.3 is 0 Å². The molecule has 0 heterocycles. The van der Waals surface area contributed by atoms with Gasteiger partial charge in [-0.2, -0.15) is 0 Å². The Kier molecular flexibility index (Phi) is 6.59. The van der Waals surface area contributed by atoms with Gasteiger partial charge in [-0.15, -0.1) is 0 Å². The molecule has 0 aliphatic heterocycles. The van der Waals surface area contributed by atoms with Gasteiger partial charge in [0.2, 0.25) is 0 Å². The molecule has 3 aromatic rings. The number of hydrogen-bond acceptors (Lipinski definition) is 2. The zero-order chi connectivity index (χ0) is 19.2. The molecule has 0 saturated heterocycles. The van der Waals surface area contributed by atoms with Crippen molar-refractivity contribution < 1.29 is 9.47 Å². The molecule has 3 aromatic carbocycles. The van der Waals surface area contributed by atoms with Crippen LogP contribution < -0.4 is 4.74 Å². The topological polar surface area (TPSA) is 18.5 Å². The van der Waals surface area contributed by atoms with Crippen LogP contribution in [0.2, 0.25) is 0 Å². The van der Waals surface area contributed by atoms with E-state index < -0.39 is 0 Å². The first-order valence-corrected chi connectivity index (χ1v) is 10.6. The molecular weight excluding hydrogens is 352 g/mol.